The van der Waals surface area contributed by atoms with Crippen LogP contribution in [0.25, 0.3) is 0 Å². The van der Waals surface area contributed by atoms with Crippen LogP contribution in [0.2, 0.25) is 0 Å². The fraction of sp³-hybridized carbons (Fsp3) is 0.647. The Balaban J connectivity index is 1.97. The van der Waals surface area contributed by atoms with Crippen LogP contribution >= 0.6 is 0 Å². The van der Waals surface area contributed by atoms with E-state index in [9.17, 15) is 4.39 Å². The zero-order valence-electron chi connectivity index (χ0n) is 13.0. The second kappa shape index (κ2) is 7.19. The first-order valence-electron chi connectivity index (χ1n) is 7.84. The first-order chi connectivity index (χ1) is 9.63. The number of nitrogens with zero attached hydrogens (tertiary/aromatic N) is 1. The van der Waals surface area contributed by atoms with Crippen molar-refractivity contribution in [3.8, 4) is 0 Å². The average Bonchev–Trinajstić information content (AvgIpc) is 2.43. The Bertz CT molecular complexity index is 433. The van der Waals surface area contributed by atoms with Crippen molar-refractivity contribution in [2.45, 2.75) is 46.2 Å². The van der Waals surface area contributed by atoms with Crippen LogP contribution in [0, 0.1) is 18.7 Å². The van der Waals surface area contributed by atoms with E-state index in [1.165, 1.54) is 18.4 Å². The zero-order valence-corrected chi connectivity index (χ0v) is 13.0. The maximum atomic E-state index is 13.2. The number of nitrogens with one attached hydrogen (secondary N) is 1. The Labute approximate surface area is 122 Å². The molecule has 20 heavy (non-hydrogen) atoms. The summed E-state index contributed by atoms with van der Waals surface area (Å²) in [6.45, 7) is 10.7. The SMILES string of the molecule is CCNC1CCN(Cc2ccc(F)cc2C)CC1CC. The van der Waals surface area contributed by atoms with Crippen molar-refractivity contribution in [1.29, 1.82) is 0 Å². The molecule has 1 aliphatic heterocycles. The summed E-state index contributed by atoms with van der Waals surface area (Å²) in [5, 5.41) is 3.61. The van der Waals surface area contributed by atoms with Gasteiger partial charge in [0, 0.05) is 19.1 Å². The standard InChI is InChI=1S/C17H27FN2/c1-4-14-11-20(9-8-17(14)19-5-2)12-15-6-7-16(18)10-13(15)3/h6-7,10,14,17,19H,4-5,8-9,11-12H2,1-3H3. The van der Waals surface area contributed by atoms with E-state index >= 15 is 0 Å². The highest BCUT2D eigenvalue weighted by Crippen LogP contribution is 2.22. The molecule has 0 aromatic heterocycles. The van der Waals surface area contributed by atoms with Gasteiger partial charge in [0.15, 0.2) is 0 Å². The topological polar surface area (TPSA) is 15.3 Å². The molecule has 1 N–H and O–H groups in total. The molecule has 1 aromatic carbocycles. The third kappa shape index (κ3) is 3.80. The largest absolute Gasteiger partial charge is 0.314 e. The Morgan fingerprint density at radius 2 is 2.15 bits per heavy atom. The lowest BCUT2D eigenvalue weighted by atomic mass is 9.89. The number of likely N-dealkylation sites (tertiary alicyclic amines) is 1. The number of hydrogen-bond donors (Lipinski definition) is 1. The Morgan fingerprint density at radius 3 is 2.80 bits per heavy atom. The molecule has 3 heteroatoms. The van der Waals surface area contributed by atoms with Gasteiger partial charge in [-0.25, -0.2) is 4.39 Å². The Kier molecular flexibility index (Phi) is 5.55. The van der Waals surface area contributed by atoms with Gasteiger partial charge in [-0.2, -0.15) is 0 Å². The maximum Gasteiger partial charge on any atom is 0.123 e. The summed E-state index contributed by atoms with van der Waals surface area (Å²) in [5.74, 6) is 0.591. The first-order valence-corrected chi connectivity index (χ1v) is 7.84. The Hall–Kier alpha value is -0.930. The third-order valence-corrected chi connectivity index (χ3v) is 4.51. The highest BCUT2D eigenvalue weighted by atomic mass is 19.1. The summed E-state index contributed by atoms with van der Waals surface area (Å²) in [6, 6.07) is 5.81. The number of rotatable bonds is 5. The lowest BCUT2D eigenvalue weighted by Crippen LogP contribution is -2.48. The summed E-state index contributed by atoms with van der Waals surface area (Å²) >= 11 is 0. The molecule has 2 atom stereocenters. The fourth-order valence-corrected chi connectivity index (χ4v) is 3.27. The molecule has 0 radical (unpaired) electrons. The van der Waals surface area contributed by atoms with Gasteiger partial charge in [0.05, 0.1) is 0 Å². The molecule has 0 amide bonds. The highest BCUT2D eigenvalue weighted by molar-refractivity contribution is 5.26. The van der Waals surface area contributed by atoms with Gasteiger partial charge in [0.2, 0.25) is 0 Å². The lowest BCUT2D eigenvalue weighted by molar-refractivity contribution is 0.129. The van der Waals surface area contributed by atoms with Gasteiger partial charge < -0.3 is 5.32 Å². The minimum absolute atomic E-state index is 0.136. The molecule has 2 nitrogen and oxygen atoms in total. The summed E-state index contributed by atoms with van der Waals surface area (Å²) in [5.41, 5.74) is 2.31. The second-order valence-corrected chi connectivity index (χ2v) is 5.93. The van der Waals surface area contributed by atoms with Crippen LogP contribution in [0.3, 0.4) is 0 Å². The summed E-state index contributed by atoms with van der Waals surface area (Å²) in [4.78, 5) is 2.52. The van der Waals surface area contributed by atoms with Crippen LogP contribution in [-0.4, -0.2) is 30.6 Å². The Morgan fingerprint density at radius 1 is 1.35 bits per heavy atom. The van der Waals surface area contributed by atoms with Gasteiger partial charge in [-0.3, -0.25) is 4.90 Å². The van der Waals surface area contributed by atoms with Crippen LogP contribution < -0.4 is 5.32 Å². The molecule has 0 saturated carbocycles. The minimum atomic E-state index is -0.136. The van der Waals surface area contributed by atoms with Gasteiger partial charge in [-0.05, 0) is 55.6 Å². The number of piperidine rings is 1. The zero-order chi connectivity index (χ0) is 14.5. The van der Waals surface area contributed by atoms with Crippen LogP contribution in [0.5, 0.6) is 0 Å². The molecule has 1 aromatic rings. The quantitative estimate of drug-likeness (QED) is 0.888. The molecule has 0 aliphatic carbocycles. The number of benzene rings is 1. The van der Waals surface area contributed by atoms with Crippen molar-refractivity contribution in [3.05, 3.63) is 35.1 Å². The molecule has 1 saturated heterocycles. The summed E-state index contributed by atoms with van der Waals surface area (Å²) in [7, 11) is 0. The van der Waals surface area contributed by atoms with Crippen LogP contribution in [-0.2, 0) is 6.54 Å². The minimum Gasteiger partial charge on any atom is -0.314 e. The summed E-state index contributed by atoms with van der Waals surface area (Å²) in [6.07, 6.45) is 2.43. The molecule has 2 unspecified atom stereocenters. The van der Waals surface area contributed by atoms with E-state index < -0.39 is 0 Å². The van der Waals surface area contributed by atoms with Crippen molar-refractivity contribution in [2.24, 2.45) is 5.92 Å². The molecule has 2 rings (SSSR count). The van der Waals surface area contributed by atoms with Crippen molar-refractivity contribution >= 4 is 0 Å². The van der Waals surface area contributed by atoms with E-state index in [2.05, 4.69) is 24.1 Å². The van der Waals surface area contributed by atoms with E-state index in [0.717, 1.165) is 37.7 Å². The number of aryl methyl sites for hydroxylation is 1. The van der Waals surface area contributed by atoms with Gasteiger partial charge in [-0.1, -0.05) is 26.3 Å². The van der Waals surface area contributed by atoms with Crippen molar-refractivity contribution < 1.29 is 4.39 Å². The predicted octanol–water partition coefficient (Wildman–Crippen LogP) is 3.34. The molecule has 0 bridgehead atoms. The summed E-state index contributed by atoms with van der Waals surface area (Å²) < 4.78 is 13.2. The molecule has 1 heterocycles. The maximum absolute atomic E-state index is 13.2. The number of hydrogen-bond acceptors (Lipinski definition) is 2. The monoisotopic (exact) mass is 278 g/mol. The van der Waals surface area contributed by atoms with Gasteiger partial charge >= 0.3 is 0 Å². The molecular weight excluding hydrogens is 251 g/mol. The van der Waals surface area contributed by atoms with E-state index in [-0.39, 0.29) is 5.82 Å². The number of halogens is 1. The van der Waals surface area contributed by atoms with Crippen molar-refractivity contribution in [3.63, 3.8) is 0 Å². The van der Waals surface area contributed by atoms with Gasteiger partial charge in [0.1, 0.15) is 5.82 Å². The van der Waals surface area contributed by atoms with Crippen LogP contribution in [0.15, 0.2) is 18.2 Å². The fourth-order valence-electron chi connectivity index (χ4n) is 3.27. The third-order valence-electron chi connectivity index (χ3n) is 4.51. The average molecular weight is 278 g/mol. The first kappa shape index (κ1) is 15.5. The van der Waals surface area contributed by atoms with E-state index in [4.69, 9.17) is 0 Å². The van der Waals surface area contributed by atoms with E-state index in [1.54, 1.807) is 12.1 Å². The highest BCUT2D eigenvalue weighted by Gasteiger charge is 2.27. The van der Waals surface area contributed by atoms with E-state index in [0.29, 0.717) is 6.04 Å². The lowest BCUT2D eigenvalue weighted by Gasteiger charge is -2.39. The smallest absolute Gasteiger partial charge is 0.123 e. The predicted molar refractivity (Wildman–Crippen MR) is 82.3 cm³/mol. The van der Waals surface area contributed by atoms with Crippen LogP contribution in [0.4, 0.5) is 4.39 Å². The van der Waals surface area contributed by atoms with Crippen LogP contribution in [0.1, 0.15) is 37.8 Å². The molecule has 112 valence electrons. The van der Waals surface area contributed by atoms with Crippen molar-refractivity contribution in [2.75, 3.05) is 19.6 Å². The molecule has 1 aliphatic rings. The van der Waals surface area contributed by atoms with Gasteiger partial charge in [0.25, 0.3) is 0 Å². The van der Waals surface area contributed by atoms with Gasteiger partial charge in [-0.15, -0.1) is 0 Å². The normalized spacial score (nSPS) is 24.0. The second-order valence-electron chi connectivity index (χ2n) is 5.93. The molecular formula is C17H27FN2. The molecule has 0 spiro atoms. The van der Waals surface area contributed by atoms with Crippen molar-refractivity contribution in [1.82, 2.24) is 10.2 Å². The van der Waals surface area contributed by atoms with E-state index in [1.807, 2.05) is 13.0 Å². The molecule has 1 fully saturated rings.